The molecule has 5 rings (SSSR count). The lowest BCUT2D eigenvalue weighted by Gasteiger charge is -2.40. The van der Waals surface area contributed by atoms with Gasteiger partial charge in [-0.3, -0.25) is 4.98 Å². The fourth-order valence-electron chi connectivity index (χ4n) is 5.21. The molecule has 0 amide bonds. The van der Waals surface area contributed by atoms with Gasteiger partial charge in [-0.15, -0.1) is 0 Å². The summed E-state index contributed by atoms with van der Waals surface area (Å²) < 4.78 is 0. The molecule has 2 nitrogen and oxygen atoms in total. The summed E-state index contributed by atoms with van der Waals surface area (Å²) in [6.07, 6.45) is 11.2. The van der Waals surface area contributed by atoms with Crippen molar-refractivity contribution in [2.45, 2.75) is 62.7 Å². The van der Waals surface area contributed by atoms with Gasteiger partial charge in [0.15, 0.2) is 0 Å². The minimum atomic E-state index is 0.221. The van der Waals surface area contributed by atoms with Gasteiger partial charge in [0.05, 0.1) is 5.69 Å². The van der Waals surface area contributed by atoms with E-state index in [-0.39, 0.29) is 6.04 Å². The Morgan fingerprint density at radius 2 is 1.85 bits per heavy atom. The van der Waals surface area contributed by atoms with Crippen LogP contribution >= 0.6 is 11.8 Å². The average Bonchev–Trinajstić information content (AvgIpc) is 3.49. The SMILES string of the molecule is N[C@@H]1c2ccccc2CC12CCC(c1ccc(CSCC3CC3)nc1)CC2. The molecular formula is C24H30N2S. The zero-order valence-electron chi connectivity index (χ0n) is 16.1. The number of rotatable bonds is 5. The zero-order valence-corrected chi connectivity index (χ0v) is 16.9. The molecule has 142 valence electrons. The first-order valence-electron chi connectivity index (χ1n) is 10.6. The zero-order chi connectivity index (χ0) is 18.3. The summed E-state index contributed by atoms with van der Waals surface area (Å²) >= 11 is 2.05. The van der Waals surface area contributed by atoms with E-state index in [1.807, 2.05) is 11.8 Å². The smallest absolute Gasteiger partial charge is 0.0502 e. The van der Waals surface area contributed by atoms with Crippen molar-refractivity contribution >= 4 is 11.8 Å². The van der Waals surface area contributed by atoms with Gasteiger partial charge in [-0.25, -0.2) is 0 Å². The first-order chi connectivity index (χ1) is 13.2. The fraction of sp³-hybridized carbons (Fsp3) is 0.542. The largest absolute Gasteiger partial charge is 0.323 e. The number of pyridine rings is 1. The van der Waals surface area contributed by atoms with Gasteiger partial charge in [0.25, 0.3) is 0 Å². The van der Waals surface area contributed by atoms with E-state index in [1.165, 1.54) is 73.1 Å². The van der Waals surface area contributed by atoms with Gasteiger partial charge < -0.3 is 5.73 Å². The van der Waals surface area contributed by atoms with Gasteiger partial charge in [0, 0.05) is 18.0 Å². The van der Waals surface area contributed by atoms with E-state index in [0.717, 1.165) is 11.7 Å². The Balaban J connectivity index is 1.19. The molecule has 0 saturated heterocycles. The molecule has 2 saturated carbocycles. The molecule has 0 bridgehead atoms. The molecule has 27 heavy (non-hydrogen) atoms. The van der Waals surface area contributed by atoms with Crippen LogP contribution in [0.4, 0.5) is 0 Å². The Hall–Kier alpha value is -1.32. The van der Waals surface area contributed by atoms with Crippen LogP contribution in [0.1, 0.15) is 72.9 Å². The molecule has 0 radical (unpaired) electrons. The lowest BCUT2D eigenvalue weighted by atomic mass is 9.66. The highest BCUT2D eigenvalue weighted by atomic mass is 32.2. The van der Waals surface area contributed by atoms with Crippen molar-refractivity contribution in [2.75, 3.05) is 5.75 Å². The second kappa shape index (κ2) is 7.25. The number of nitrogens with zero attached hydrogens (tertiary/aromatic N) is 1. The van der Waals surface area contributed by atoms with Crippen molar-refractivity contribution in [2.24, 2.45) is 17.1 Å². The standard InChI is InChI=1S/C24H30N2S/c25-23-22-4-2-1-3-19(22)13-24(23)11-9-18(10-12-24)20-7-8-21(26-14-20)16-27-15-17-5-6-17/h1-4,7-8,14,17-18,23H,5-6,9-13,15-16,25H2/t18?,23-,24?/m1/s1. The molecule has 1 heterocycles. The molecule has 1 atom stereocenters. The van der Waals surface area contributed by atoms with Crippen LogP contribution in [0.15, 0.2) is 42.6 Å². The monoisotopic (exact) mass is 378 g/mol. The third-order valence-electron chi connectivity index (χ3n) is 7.19. The summed E-state index contributed by atoms with van der Waals surface area (Å²) in [5.41, 5.74) is 12.6. The second-order valence-corrected chi connectivity index (χ2v) is 10.1. The first-order valence-corrected chi connectivity index (χ1v) is 11.7. The van der Waals surface area contributed by atoms with E-state index in [4.69, 9.17) is 10.7 Å². The van der Waals surface area contributed by atoms with Gasteiger partial charge in [0.2, 0.25) is 0 Å². The van der Waals surface area contributed by atoms with E-state index < -0.39 is 0 Å². The molecule has 0 unspecified atom stereocenters. The van der Waals surface area contributed by atoms with Crippen LogP contribution in [0.5, 0.6) is 0 Å². The van der Waals surface area contributed by atoms with Crippen molar-refractivity contribution in [3.63, 3.8) is 0 Å². The maximum Gasteiger partial charge on any atom is 0.0502 e. The quantitative estimate of drug-likeness (QED) is 0.733. The molecule has 0 aliphatic heterocycles. The number of aromatic nitrogens is 1. The van der Waals surface area contributed by atoms with E-state index in [9.17, 15) is 0 Å². The number of fused-ring (bicyclic) bond motifs is 1. The van der Waals surface area contributed by atoms with Crippen molar-refractivity contribution in [1.29, 1.82) is 0 Å². The predicted molar refractivity (Wildman–Crippen MR) is 114 cm³/mol. The minimum Gasteiger partial charge on any atom is -0.323 e. The number of hydrogen-bond donors (Lipinski definition) is 1. The Bertz CT molecular complexity index is 788. The van der Waals surface area contributed by atoms with Crippen molar-refractivity contribution in [1.82, 2.24) is 4.98 Å². The van der Waals surface area contributed by atoms with Crippen molar-refractivity contribution < 1.29 is 0 Å². The molecular weight excluding hydrogens is 348 g/mol. The van der Waals surface area contributed by atoms with Gasteiger partial charge in [-0.2, -0.15) is 11.8 Å². The lowest BCUT2D eigenvalue weighted by molar-refractivity contribution is 0.149. The van der Waals surface area contributed by atoms with Crippen LogP contribution in [-0.2, 0) is 12.2 Å². The van der Waals surface area contributed by atoms with Crippen LogP contribution in [0.25, 0.3) is 0 Å². The summed E-state index contributed by atoms with van der Waals surface area (Å²) in [4.78, 5) is 4.76. The molecule has 1 aromatic heterocycles. The number of nitrogens with two attached hydrogens (primary N) is 1. The molecule has 3 aliphatic carbocycles. The molecule has 1 aromatic carbocycles. The first kappa shape index (κ1) is 17.8. The Labute approximate surface area is 167 Å². The molecule has 2 fully saturated rings. The average molecular weight is 379 g/mol. The number of hydrogen-bond acceptors (Lipinski definition) is 3. The van der Waals surface area contributed by atoms with Crippen molar-refractivity contribution in [3.8, 4) is 0 Å². The maximum atomic E-state index is 6.72. The van der Waals surface area contributed by atoms with Gasteiger partial charge in [-0.05, 0) is 90.7 Å². The number of thioether (sulfide) groups is 1. The topological polar surface area (TPSA) is 38.9 Å². The van der Waals surface area contributed by atoms with E-state index in [0.29, 0.717) is 11.3 Å². The predicted octanol–water partition coefficient (Wildman–Crippen LogP) is 5.62. The van der Waals surface area contributed by atoms with Crippen LogP contribution in [0, 0.1) is 11.3 Å². The van der Waals surface area contributed by atoms with Crippen LogP contribution < -0.4 is 5.73 Å². The van der Waals surface area contributed by atoms with Crippen LogP contribution in [0.2, 0.25) is 0 Å². The summed E-state index contributed by atoms with van der Waals surface area (Å²) in [5, 5.41) is 0. The maximum absolute atomic E-state index is 6.72. The van der Waals surface area contributed by atoms with Gasteiger partial charge in [0.1, 0.15) is 0 Å². The van der Waals surface area contributed by atoms with E-state index in [2.05, 4.69) is 42.6 Å². The Morgan fingerprint density at radius 1 is 1.04 bits per heavy atom. The highest BCUT2D eigenvalue weighted by molar-refractivity contribution is 7.98. The van der Waals surface area contributed by atoms with Crippen molar-refractivity contribution in [3.05, 3.63) is 65.0 Å². The molecule has 3 heteroatoms. The van der Waals surface area contributed by atoms with Gasteiger partial charge >= 0.3 is 0 Å². The Kier molecular flexibility index (Phi) is 4.77. The van der Waals surface area contributed by atoms with E-state index >= 15 is 0 Å². The summed E-state index contributed by atoms with van der Waals surface area (Å²) in [6.45, 7) is 0. The number of benzene rings is 1. The summed E-state index contributed by atoms with van der Waals surface area (Å²) in [7, 11) is 0. The third-order valence-corrected chi connectivity index (χ3v) is 8.40. The molecule has 2 aromatic rings. The highest BCUT2D eigenvalue weighted by Crippen LogP contribution is 2.55. The van der Waals surface area contributed by atoms with Gasteiger partial charge in [-0.1, -0.05) is 30.3 Å². The molecule has 2 N–H and O–H groups in total. The second-order valence-electron chi connectivity index (χ2n) is 9.03. The van der Waals surface area contributed by atoms with Crippen LogP contribution in [0.3, 0.4) is 0 Å². The lowest BCUT2D eigenvalue weighted by Crippen LogP contribution is -2.35. The minimum absolute atomic E-state index is 0.221. The normalized spacial score (nSPS) is 29.8. The molecule has 3 aliphatic rings. The van der Waals surface area contributed by atoms with E-state index in [1.54, 1.807) is 0 Å². The summed E-state index contributed by atoms with van der Waals surface area (Å²) in [6, 6.07) is 13.6. The highest BCUT2D eigenvalue weighted by Gasteiger charge is 2.46. The fourth-order valence-corrected chi connectivity index (χ4v) is 6.37. The molecule has 1 spiro atoms. The Morgan fingerprint density at radius 3 is 2.56 bits per heavy atom. The third kappa shape index (κ3) is 3.56. The summed E-state index contributed by atoms with van der Waals surface area (Å²) in [5.74, 6) is 4.04. The van der Waals surface area contributed by atoms with Crippen LogP contribution in [-0.4, -0.2) is 10.7 Å².